The van der Waals surface area contributed by atoms with Crippen LogP contribution in [0.1, 0.15) is 30.0 Å². The summed E-state index contributed by atoms with van der Waals surface area (Å²) in [5, 5.41) is 13.4. The van der Waals surface area contributed by atoms with E-state index in [2.05, 4.69) is 27.0 Å². The van der Waals surface area contributed by atoms with Crippen molar-refractivity contribution >= 4 is 22.7 Å². The standard InChI is InChI=1S/C15H16N4O2S2/c1-10(13-17-18-14(21-13)12-3-2-7-22-12)19-5-6-20-11(9-19)15-16-4-8-23-15/h2-4,7-8,10-11H,5-6,9H2,1H3. The minimum absolute atomic E-state index is 0.0193. The lowest BCUT2D eigenvalue weighted by atomic mass is 10.2. The Kier molecular flexibility index (Phi) is 4.21. The molecular weight excluding hydrogens is 332 g/mol. The lowest BCUT2D eigenvalue weighted by Gasteiger charge is -2.34. The summed E-state index contributed by atoms with van der Waals surface area (Å²) in [4.78, 5) is 7.67. The summed E-state index contributed by atoms with van der Waals surface area (Å²) in [5.74, 6) is 1.24. The van der Waals surface area contributed by atoms with Gasteiger partial charge in [0.05, 0.1) is 17.5 Å². The van der Waals surface area contributed by atoms with E-state index in [-0.39, 0.29) is 12.1 Å². The molecule has 1 saturated heterocycles. The van der Waals surface area contributed by atoms with Gasteiger partial charge >= 0.3 is 0 Å². The number of morpholine rings is 1. The average Bonchev–Trinajstić information content (AvgIpc) is 3.36. The average molecular weight is 348 g/mol. The first kappa shape index (κ1) is 14.9. The number of hydrogen-bond acceptors (Lipinski definition) is 8. The molecule has 0 N–H and O–H groups in total. The van der Waals surface area contributed by atoms with Crippen molar-refractivity contribution in [1.82, 2.24) is 20.1 Å². The van der Waals surface area contributed by atoms with E-state index in [1.54, 1.807) is 22.7 Å². The minimum Gasteiger partial charge on any atom is -0.418 e. The molecule has 4 rings (SSSR count). The van der Waals surface area contributed by atoms with E-state index < -0.39 is 0 Å². The van der Waals surface area contributed by atoms with Gasteiger partial charge in [0.2, 0.25) is 5.89 Å². The molecule has 2 atom stereocenters. The highest BCUT2D eigenvalue weighted by molar-refractivity contribution is 7.13. The van der Waals surface area contributed by atoms with E-state index in [0.29, 0.717) is 18.4 Å². The van der Waals surface area contributed by atoms with Crippen LogP contribution < -0.4 is 0 Å². The Morgan fingerprint density at radius 2 is 2.26 bits per heavy atom. The summed E-state index contributed by atoms with van der Waals surface area (Å²) < 4.78 is 11.7. The van der Waals surface area contributed by atoms with Crippen LogP contribution in [-0.4, -0.2) is 39.8 Å². The van der Waals surface area contributed by atoms with Crippen molar-refractivity contribution in [3.63, 3.8) is 0 Å². The number of ether oxygens (including phenoxy) is 1. The topological polar surface area (TPSA) is 64.3 Å². The SMILES string of the molecule is CC(c1nnc(-c2cccs2)o1)N1CCOC(c2nccs2)C1. The molecule has 23 heavy (non-hydrogen) atoms. The van der Waals surface area contributed by atoms with Crippen LogP contribution in [0.25, 0.3) is 10.8 Å². The lowest BCUT2D eigenvalue weighted by molar-refractivity contribution is -0.0464. The van der Waals surface area contributed by atoms with Gasteiger partial charge in [-0.05, 0) is 18.4 Å². The van der Waals surface area contributed by atoms with Crippen LogP contribution in [0.15, 0.2) is 33.5 Å². The van der Waals surface area contributed by atoms with Crippen LogP contribution in [0.2, 0.25) is 0 Å². The van der Waals surface area contributed by atoms with Crippen LogP contribution in [0.3, 0.4) is 0 Å². The molecule has 120 valence electrons. The Morgan fingerprint density at radius 3 is 3.04 bits per heavy atom. The van der Waals surface area contributed by atoms with Crippen LogP contribution in [0.4, 0.5) is 0 Å². The predicted molar refractivity (Wildman–Crippen MR) is 88.4 cm³/mol. The fourth-order valence-corrected chi connectivity index (χ4v) is 3.94. The highest BCUT2D eigenvalue weighted by Gasteiger charge is 2.29. The lowest BCUT2D eigenvalue weighted by Crippen LogP contribution is -2.39. The molecule has 1 aliphatic rings. The van der Waals surface area contributed by atoms with Gasteiger partial charge in [-0.2, -0.15) is 0 Å². The van der Waals surface area contributed by atoms with Crippen LogP contribution in [-0.2, 0) is 4.74 Å². The maximum absolute atomic E-state index is 5.86. The van der Waals surface area contributed by atoms with Gasteiger partial charge in [-0.1, -0.05) is 6.07 Å². The van der Waals surface area contributed by atoms with E-state index in [1.165, 1.54) is 0 Å². The first-order valence-electron chi connectivity index (χ1n) is 7.43. The Balaban J connectivity index is 1.49. The number of thiazole rings is 1. The van der Waals surface area contributed by atoms with E-state index in [4.69, 9.17) is 9.15 Å². The van der Waals surface area contributed by atoms with E-state index in [9.17, 15) is 0 Å². The smallest absolute Gasteiger partial charge is 0.257 e. The molecule has 4 heterocycles. The molecule has 1 aliphatic heterocycles. The second-order valence-corrected chi connectivity index (χ2v) is 7.20. The number of aromatic nitrogens is 3. The zero-order valence-electron chi connectivity index (χ0n) is 12.6. The van der Waals surface area contributed by atoms with Crippen molar-refractivity contribution in [1.29, 1.82) is 0 Å². The molecular formula is C15H16N4O2S2. The third kappa shape index (κ3) is 3.07. The summed E-state index contributed by atoms with van der Waals surface area (Å²) in [6.45, 7) is 4.40. The fraction of sp³-hybridized carbons (Fsp3) is 0.400. The van der Waals surface area contributed by atoms with Gasteiger partial charge in [0.25, 0.3) is 5.89 Å². The van der Waals surface area contributed by atoms with Gasteiger partial charge in [0.15, 0.2) is 0 Å². The van der Waals surface area contributed by atoms with E-state index in [0.717, 1.165) is 23.0 Å². The Morgan fingerprint density at radius 1 is 1.30 bits per heavy atom. The predicted octanol–water partition coefficient (Wildman–Crippen LogP) is 3.39. The molecule has 3 aromatic heterocycles. The van der Waals surface area contributed by atoms with Crippen molar-refractivity contribution in [2.75, 3.05) is 19.7 Å². The highest BCUT2D eigenvalue weighted by Crippen LogP contribution is 2.30. The summed E-state index contributed by atoms with van der Waals surface area (Å²) >= 11 is 3.23. The fourth-order valence-electron chi connectivity index (χ4n) is 2.62. The Bertz CT molecular complexity index is 741. The number of rotatable bonds is 4. The quantitative estimate of drug-likeness (QED) is 0.720. The van der Waals surface area contributed by atoms with Crippen molar-refractivity contribution in [3.05, 3.63) is 40.0 Å². The second kappa shape index (κ2) is 6.48. The molecule has 3 aromatic rings. The first-order chi connectivity index (χ1) is 11.3. The third-order valence-electron chi connectivity index (χ3n) is 3.90. The molecule has 6 nitrogen and oxygen atoms in total. The zero-order chi connectivity index (χ0) is 15.6. The van der Waals surface area contributed by atoms with Gasteiger partial charge in [0.1, 0.15) is 11.1 Å². The summed E-state index contributed by atoms with van der Waals surface area (Å²) in [7, 11) is 0. The molecule has 2 unspecified atom stereocenters. The Hall–Kier alpha value is -1.61. The van der Waals surface area contributed by atoms with E-state index >= 15 is 0 Å². The molecule has 0 aromatic carbocycles. The Labute approximate surface area is 141 Å². The summed E-state index contributed by atoms with van der Waals surface area (Å²) in [6, 6.07) is 4.02. The molecule has 0 radical (unpaired) electrons. The van der Waals surface area contributed by atoms with Gasteiger partial charge in [-0.15, -0.1) is 32.9 Å². The maximum atomic E-state index is 5.86. The van der Waals surface area contributed by atoms with Gasteiger partial charge in [-0.25, -0.2) is 4.98 Å². The molecule has 8 heteroatoms. The zero-order valence-corrected chi connectivity index (χ0v) is 14.2. The summed E-state index contributed by atoms with van der Waals surface area (Å²) in [6.07, 6.45) is 1.84. The third-order valence-corrected chi connectivity index (χ3v) is 5.63. The molecule has 1 fully saturated rings. The van der Waals surface area contributed by atoms with Crippen molar-refractivity contribution in [3.8, 4) is 10.8 Å². The second-order valence-electron chi connectivity index (χ2n) is 5.32. The molecule has 0 bridgehead atoms. The number of thiophene rings is 1. The van der Waals surface area contributed by atoms with Crippen LogP contribution in [0, 0.1) is 0 Å². The van der Waals surface area contributed by atoms with Gasteiger partial charge in [0, 0.05) is 24.7 Å². The van der Waals surface area contributed by atoms with Crippen LogP contribution >= 0.6 is 22.7 Å². The van der Waals surface area contributed by atoms with Crippen molar-refractivity contribution < 1.29 is 9.15 Å². The van der Waals surface area contributed by atoms with Gasteiger partial charge in [-0.3, -0.25) is 4.90 Å². The number of nitrogens with zero attached hydrogens (tertiary/aromatic N) is 4. The maximum Gasteiger partial charge on any atom is 0.257 e. The van der Waals surface area contributed by atoms with Crippen LogP contribution in [0.5, 0.6) is 0 Å². The minimum atomic E-state index is 0.0193. The van der Waals surface area contributed by atoms with Crippen molar-refractivity contribution in [2.24, 2.45) is 0 Å². The number of hydrogen-bond donors (Lipinski definition) is 0. The van der Waals surface area contributed by atoms with E-state index in [1.807, 2.05) is 29.1 Å². The first-order valence-corrected chi connectivity index (χ1v) is 9.19. The van der Waals surface area contributed by atoms with Crippen molar-refractivity contribution in [2.45, 2.75) is 19.1 Å². The molecule has 0 aliphatic carbocycles. The summed E-state index contributed by atoms with van der Waals surface area (Å²) in [5.41, 5.74) is 0. The molecule has 0 saturated carbocycles. The molecule has 0 amide bonds. The molecule has 0 spiro atoms. The monoisotopic (exact) mass is 348 g/mol. The normalized spacial score (nSPS) is 20.7. The highest BCUT2D eigenvalue weighted by atomic mass is 32.1. The van der Waals surface area contributed by atoms with Gasteiger partial charge < -0.3 is 9.15 Å². The largest absolute Gasteiger partial charge is 0.418 e.